The third-order valence-corrected chi connectivity index (χ3v) is 8.08. The lowest BCUT2D eigenvalue weighted by Crippen LogP contribution is -2.46. The van der Waals surface area contributed by atoms with Crippen LogP contribution in [0.3, 0.4) is 0 Å². The third-order valence-electron chi connectivity index (χ3n) is 6.61. The first kappa shape index (κ1) is 26.1. The van der Waals surface area contributed by atoms with E-state index in [2.05, 4.69) is 95.8 Å². The zero-order chi connectivity index (χ0) is 20.2. The van der Waals surface area contributed by atoms with Crippen LogP contribution in [0.25, 0.3) is 0 Å². The molecule has 0 bridgehead atoms. The normalized spacial score (nSPS) is 17.0. The van der Waals surface area contributed by atoms with E-state index in [1.807, 2.05) is 0 Å². The van der Waals surface area contributed by atoms with Crippen molar-refractivity contribution in [1.29, 1.82) is 0 Å². The second kappa shape index (κ2) is 14.1. The van der Waals surface area contributed by atoms with E-state index in [-0.39, 0.29) is 0 Å². The molecule has 0 amide bonds. The summed E-state index contributed by atoms with van der Waals surface area (Å²) in [6, 6.07) is 0. The number of rotatable bonds is 12. The largest absolute Gasteiger partial charge is 0.308 e. The standard InChI is InChI=1S/C24H45BI/c1-9-11-13-15-16-18-24(26)25(22(7)20(3)4,23(8)21(5)6)19-17-14-12-10-2/h18,20-23H,9-16H2,1-8H3/q-1/b24-18-. The van der Waals surface area contributed by atoms with Gasteiger partial charge in [-0.05, 0) is 19.3 Å². The minimum Gasteiger partial charge on any atom is -0.308 e. The molecule has 0 aromatic heterocycles. The maximum atomic E-state index is 3.92. The minimum atomic E-state index is -0.838. The molecular weight excluding hydrogens is 426 g/mol. The van der Waals surface area contributed by atoms with Crippen LogP contribution in [0.1, 0.15) is 107 Å². The Labute approximate surface area is 179 Å². The van der Waals surface area contributed by atoms with Crippen molar-refractivity contribution in [2.24, 2.45) is 11.8 Å². The molecule has 26 heavy (non-hydrogen) atoms. The molecule has 0 heterocycles. The molecule has 2 atom stereocenters. The van der Waals surface area contributed by atoms with Gasteiger partial charge in [-0.3, -0.25) is 0 Å². The van der Waals surface area contributed by atoms with Gasteiger partial charge in [-0.1, -0.05) is 115 Å². The maximum absolute atomic E-state index is 3.92. The van der Waals surface area contributed by atoms with Gasteiger partial charge >= 0.3 is 0 Å². The van der Waals surface area contributed by atoms with Crippen LogP contribution in [0.2, 0.25) is 11.6 Å². The highest BCUT2D eigenvalue weighted by atomic mass is 127. The summed E-state index contributed by atoms with van der Waals surface area (Å²) in [5.74, 6) is 10.1. The Hall–Kier alpha value is 0.0949. The van der Waals surface area contributed by atoms with Gasteiger partial charge < -0.3 is 5.82 Å². The summed E-state index contributed by atoms with van der Waals surface area (Å²) in [6.07, 6.45) is 11.8. The molecule has 152 valence electrons. The van der Waals surface area contributed by atoms with Crippen LogP contribution < -0.4 is 0 Å². The first-order chi connectivity index (χ1) is 12.3. The minimum absolute atomic E-state index is 0.625. The van der Waals surface area contributed by atoms with Gasteiger partial charge in [0.25, 0.3) is 0 Å². The van der Waals surface area contributed by atoms with E-state index in [1.165, 1.54) is 44.9 Å². The van der Waals surface area contributed by atoms with E-state index in [0.29, 0.717) is 23.5 Å². The van der Waals surface area contributed by atoms with Crippen molar-refractivity contribution in [1.82, 2.24) is 0 Å². The SMILES string of the molecule is CCCCC#C[B-](/C(I)=C/CCCCCC)(C(C)C(C)C)C(C)C(C)C. The molecule has 0 nitrogen and oxygen atoms in total. The monoisotopic (exact) mass is 471 g/mol. The predicted molar refractivity (Wildman–Crippen MR) is 132 cm³/mol. The highest BCUT2D eigenvalue weighted by Gasteiger charge is 2.38. The number of hydrogen-bond donors (Lipinski definition) is 0. The van der Waals surface area contributed by atoms with E-state index in [1.54, 1.807) is 3.48 Å². The van der Waals surface area contributed by atoms with Crippen LogP contribution >= 0.6 is 22.6 Å². The van der Waals surface area contributed by atoms with Crippen molar-refractivity contribution in [3.05, 3.63) is 9.56 Å². The molecule has 0 saturated heterocycles. The summed E-state index contributed by atoms with van der Waals surface area (Å²) in [4.78, 5) is 0. The van der Waals surface area contributed by atoms with E-state index in [0.717, 1.165) is 6.42 Å². The number of halogens is 1. The quantitative estimate of drug-likeness (QED) is 0.115. The molecule has 2 unspecified atom stereocenters. The number of hydrogen-bond acceptors (Lipinski definition) is 0. The summed E-state index contributed by atoms with van der Waals surface area (Å²) < 4.78 is 1.56. The summed E-state index contributed by atoms with van der Waals surface area (Å²) >= 11 is 2.66. The Kier molecular flexibility index (Phi) is 14.2. The lowest BCUT2D eigenvalue weighted by atomic mass is 9.12. The molecule has 0 fully saturated rings. The lowest BCUT2D eigenvalue weighted by molar-refractivity contribution is 0.558. The Balaban J connectivity index is 5.81. The Morgan fingerprint density at radius 3 is 1.85 bits per heavy atom. The molecule has 2 heteroatoms. The molecular formula is C24H45BI-. The van der Waals surface area contributed by atoms with Crippen molar-refractivity contribution in [3.8, 4) is 11.7 Å². The van der Waals surface area contributed by atoms with E-state index in [4.69, 9.17) is 0 Å². The van der Waals surface area contributed by atoms with E-state index >= 15 is 0 Å². The molecule has 0 aliphatic heterocycles. The fourth-order valence-corrected chi connectivity index (χ4v) is 5.64. The zero-order valence-corrected chi connectivity index (χ0v) is 21.2. The van der Waals surface area contributed by atoms with Gasteiger partial charge in [0.15, 0.2) is 0 Å². The lowest BCUT2D eigenvalue weighted by Gasteiger charge is -2.50. The molecule has 0 aromatic carbocycles. The van der Waals surface area contributed by atoms with E-state index in [9.17, 15) is 0 Å². The van der Waals surface area contributed by atoms with Gasteiger partial charge in [0.1, 0.15) is 6.15 Å². The summed E-state index contributed by atoms with van der Waals surface area (Å²) in [5, 5.41) is 0. The molecule has 0 spiro atoms. The molecule has 0 saturated carbocycles. The average molecular weight is 471 g/mol. The molecule has 0 aliphatic rings. The van der Waals surface area contributed by atoms with Gasteiger partial charge in [-0.2, -0.15) is 15.1 Å². The topological polar surface area (TPSA) is 0 Å². The third kappa shape index (κ3) is 7.99. The van der Waals surface area contributed by atoms with Gasteiger partial charge in [0.2, 0.25) is 0 Å². The van der Waals surface area contributed by atoms with Crippen molar-refractivity contribution in [2.45, 2.75) is 118 Å². The molecule has 0 aromatic rings. The van der Waals surface area contributed by atoms with Crippen LogP contribution in [-0.2, 0) is 0 Å². The molecule has 0 radical (unpaired) electrons. The second-order valence-electron chi connectivity index (χ2n) is 9.07. The first-order valence-corrected chi connectivity index (χ1v) is 12.4. The van der Waals surface area contributed by atoms with Gasteiger partial charge in [0.05, 0.1) is 0 Å². The molecule has 0 aliphatic carbocycles. The predicted octanol–water partition coefficient (Wildman–Crippen LogP) is 9.09. The van der Waals surface area contributed by atoms with Crippen LogP contribution in [0.15, 0.2) is 9.56 Å². The number of unbranched alkanes of at least 4 members (excludes halogenated alkanes) is 6. The Morgan fingerprint density at radius 2 is 1.38 bits per heavy atom. The summed E-state index contributed by atoms with van der Waals surface area (Å²) in [5.41, 5.74) is 0. The van der Waals surface area contributed by atoms with Crippen molar-refractivity contribution in [3.63, 3.8) is 0 Å². The van der Waals surface area contributed by atoms with Crippen LogP contribution in [0, 0.1) is 23.6 Å². The van der Waals surface area contributed by atoms with Crippen LogP contribution in [0.4, 0.5) is 0 Å². The highest BCUT2D eigenvalue weighted by molar-refractivity contribution is 14.1. The van der Waals surface area contributed by atoms with Crippen LogP contribution in [0.5, 0.6) is 0 Å². The summed E-state index contributed by atoms with van der Waals surface area (Å²) in [7, 11) is 0. The Bertz CT molecular complexity index is 439. The fourth-order valence-electron chi connectivity index (χ4n) is 4.04. The second-order valence-corrected chi connectivity index (χ2v) is 10.3. The average Bonchev–Trinajstić information content (AvgIpc) is 2.60. The smallest absolute Gasteiger partial charge is 0.110 e. The van der Waals surface area contributed by atoms with Crippen LogP contribution in [-0.4, -0.2) is 6.15 Å². The zero-order valence-electron chi connectivity index (χ0n) is 19.0. The van der Waals surface area contributed by atoms with Gasteiger partial charge in [-0.15, -0.1) is 12.0 Å². The fraction of sp³-hybridized carbons (Fsp3) is 0.833. The van der Waals surface area contributed by atoms with Crippen molar-refractivity contribution in [2.75, 3.05) is 0 Å². The number of allylic oxidation sites excluding steroid dienone is 1. The Morgan fingerprint density at radius 1 is 0.846 bits per heavy atom. The van der Waals surface area contributed by atoms with Crippen molar-refractivity contribution >= 4 is 28.7 Å². The molecule has 0 N–H and O–H groups in total. The van der Waals surface area contributed by atoms with Gasteiger partial charge in [0, 0.05) is 6.42 Å². The summed E-state index contributed by atoms with van der Waals surface area (Å²) in [6.45, 7) is 19.0. The van der Waals surface area contributed by atoms with E-state index < -0.39 is 6.15 Å². The maximum Gasteiger partial charge on any atom is 0.110 e. The van der Waals surface area contributed by atoms with Gasteiger partial charge in [-0.25, -0.2) is 0 Å². The van der Waals surface area contributed by atoms with Crippen molar-refractivity contribution < 1.29 is 0 Å². The highest BCUT2D eigenvalue weighted by Crippen LogP contribution is 2.47. The first-order valence-electron chi connectivity index (χ1n) is 11.3. The molecule has 0 rings (SSSR count).